The third-order valence-corrected chi connectivity index (χ3v) is 17.8. The summed E-state index contributed by atoms with van der Waals surface area (Å²) in [6.45, 7) is 22.3. The van der Waals surface area contributed by atoms with Gasteiger partial charge in [0.25, 0.3) is 0 Å². The first-order valence-corrected chi connectivity index (χ1v) is 41.0. The molecule has 0 rings (SSSR count). The quantitative estimate of drug-likeness (QED) is 0.0145. The van der Waals surface area contributed by atoms with Gasteiger partial charge < -0.3 is 39.5 Å². The van der Waals surface area contributed by atoms with E-state index in [1.165, 1.54) is 135 Å². The number of rotatable bonds is 65. The Labute approximate surface area is 655 Å². The van der Waals surface area contributed by atoms with Crippen molar-refractivity contribution in [3.05, 3.63) is 178 Å². The second-order valence-electron chi connectivity index (χ2n) is 28.4. The van der Waals surface area contributed by atoms with Crippen molar-refractivity contribution < 1.29 is 38.2 Å². The van der Waals surface area contributed by atoms with Crippen LogP contribution in [0.15, 0.2) is 178 Å². The Morgan fingerprint density at radius 3 is 0.824 bits per heavy atom. The fourth-order valence-electron chi connectivity index (χ4n) is 11.0. The Kier molecular flexibility index (Phi) is 65.5. The molecule has 0 saturated heterocycles. The van der Waals surface area contributed by atoms with Gasteiger partial charge >= 0.3 is 17.9 Å². The molecule has 0 saturated carbocycles. The highest BCUT2D eigenvalue weighted by molar-refractivity contribution is 5.94. The predicted octanol–water partition coefficient (Wildman–Crippen LogP) is 21.6. The molecule has 2 N–H and O–H groups in total. The molecule has 0 atom stereocenters. The summed E-state index contributed by atoms with van der Waals surface area (Å²) >= 11 is 0. The van der Waals surface area contributed by atoms with Gasteiger partial charge in [-0.1, -0.05) is 267 Å². The second-order valence-corrected chi connectivity index (χ2v) is 28.4. The van der Waals surface area contributed by atoms with Gasteiger partial charge in [-0.05, 0) is 162 Å². The van der Waals surface area contributed by atoms with Crippen LogP contribution in [0.25, 0.3) is 0 Å². The minimum atomic E-state index is -0.610. The van der Waals surface area contributed by atoms with Crippen molar-refractivity contribution in [2.75, 3.05) is 73.2 Å². The zero-order chi connectivity index (χ0) is 79.7. The lowest BCUT2D eigenvalue weighted by atomic mass is 10.1. The maximum atomic E-state index is 13.2. The van der Waals surface area contributed by atoms with Crippen molar-refractivity contribution in [3.8, 4) is 18.2 Å². The van der Waals surface area contributed by atoms with Gasteiger partial charge in [-0.3, -0.25) is 9.59 Å². The number of ether oxygens (including phenoxy) is 3. The van der Waals surface area contributed by atoms with E-state index in [4.69, 9.17) is 14.2 Å². The molecule has 0 aliphatic rings. The summed E-state index contributed by atoms with van der Waals surface area (Å²) in [7, 11) is 3.97. The number of carbonyl (C=O) groups excluding carboxylic acids is 5. The molecule has 0 aliphatic carbocycles. The van der Waals surface area contributed by atoms with Crippen molar-refractivity contribution >= 4 is 29.7 Å². The molecule has 0 heterocycles. The summed E-state index contributed by atoms with van der Waals surface area (Å²) in [6.07, 6.45) is 76.7. The van der Waals surface area contributed by atoms with Crippen LogP contribution in [-0.4, -0.2) is 118 Å². The average Bonchev–Trinajstić information content (AvgIpc) is 0.942. The van der Waals surface area contributed by atoms with Gasteiger partial charge in [0.2, 0.25) is 11.8 Å². The highest BCUT2D eigenvalue weighted by atomic mass is 16.5. The number of carbonyl (C=O) groups is 5. The van der Waals surface area contributed by atoms with Crippen LogP contribution in [-0.2, 0) is 38.2 Å². The van der Waals surface area contributed by atoms with Crippen molar-refractivity contribution in [2.45, 2.75) is 281 Å². The number of unbranched alkanes of at least 4 members (excludes halogenated alkanes) is 27. The van der Waals surface area contributed by atoms with Gasteiger partial charge in [0, 0.05) is 66.2 Å². The van der Waals surface area contributed by atoms with E-state index in [1.54, 1.807) is 18.2 Å². The maximum Gasteiger partial charge on any atom is 0.348 e. The van der Waals surface area contributed by atoms with E-state index in [0.717, 1.165) is 117 Å². The first-order valence-electron chi connectivity index (χ1n) is 41.0. The van der Waals surface area contributed by atoms with E-state index in [-0.39, 0.29) is 41.4 Å². The molecule has 0 fully saturated rings. The van der Waals surface area contributed by atoms with Gasteiger partial charge in [0.15, 0.2) is 0 Å². The number of amides is 2. The van der Waals surface area contributed by atoms with Crippen LogP contribution >= 0.6 is 0 Å². The third-order valence-electron chi connectivity index (χ3n) is 17.8. The number of hydrogen-bond donors (Lipinski definition) is 2. The van der Waals surface area contributed by atoms with Crippen LogP contribution in [0.1, 0.15) is 281 Å². The molecule has 0 spiro atoms. The molecular weight excluding hydrogens is 1350 g/mol. The van der Waals surface area contributed by atoms with Crippen molar-refractivity contribution in [1.29, 1.82) is 15.8 Å². The Balaban J connectivity index is 5.59. The van der Waals surface area contributed by atoms with Crippen LogP contribution in [0.4, 0.5) is 0 Å². The van der Waals surface area contributed by atoms with E-state index in [2.05, 4.69) is 41.2 Å². The average molecular weight is 1490 g/mol. The minimum Gasteiger partial charge on any atom is -0.462 e. The molecule has 0 bridgehead atoms. The van der Waals surface area contributed by atoms with Gasteiger partial charge in [0.1, 0.15) is 34.9 Å². The number of nitrogens with one attached hydrogen (secondary N) is 2. The molecule has 0 aromatic heterocycles. The SMILES string of the molecule is CCCCCCCCCCCCOC(=O)C(C#N)=CC(C)=CC=CC=C(C)C=CN(C)CCCNC(=O)CCN(C=CC(C)=CC=CC=C(C)C=C(C#N)C(=O)OCCCCCCCCCCCC)CCC(=O)NCCCN(C)C=CC(C)=CC=CC=C(C)C=C(C#N)C(=O)OCCCCCCCCCCCC. The van der Waals surface area contributed by atoms with E-state index >= 15 is 0 Å². The maximum absolute atomic E-state index is 13.2. The molecule has 0 aliphatic heterocycles. The fraction of sp³-hybridized carbons (Fsp3) is 0.587. The first kappa shape index (κ1) is 99.3. The normalized spacial score (nSPS) is 13.1. The van der Waals surface area contributed by atoms with Crippen LogP contribution in [0.5, 0.6) is 0 Å². The summed E-state index contributed by atoms with van der Waals surface area (Å²) < 4.78 is 16.2. The van der Waals surface area contributed by atoms with Crippen LogP contribution < -0.4 is 10.6 Å². The number of esters is 3. The molecule has 16 heteroatoms. The van der Waals surface area contributed by atoms with E-state index in [1.807, 2.05) is 188 Å². The summed E-state index contributed by atoms with van der Waals surface area (Å²) in [5.41, 5.74) is 5.15. The van der Waals surface area contributed by atoms with E-state index < -0.39 is 17.9 Å². The molecule has 108 heavy (non-hydrogen) atoms. The molecule has 0 unspecified atom stereocenters. The van der Waals surface area contributed by atoms with Gasteiger partial charge in [-0.25, -0.2) is 14.4 Å². The summed E-state index contributed by atoms with van der Waals surface area (Å²) in [5, 5.41) is 35.1. The van der Waals surface area contributed by atoms with E-state index in [9.17, 15) is 39.8 Å². The molecule has 0 radical (unpaired) electrons. The molecule has 0 aromatic carbocycles. The first-order chi connectivity index (χ1) is 52.3. The van der Waals surface area contributed by atoms with Gasteiger partial charge in [-0.15, -0.1) is 0 Å². The molecule has 0 aromatic rings. The Morgan fingerprint density at radius 1 is 0.324 bits per heavy atom. The van der Waals surface area contributed by atoms with Crippen LogP contribution in [0, 0.1) is 34.0 Å². The zero-order valence-corrected chi connectivity index (χ0v) is 69.0. The highest BCUT2D eigenvalue weighted by Gasteiger charge is 2.14. The highest BCUT2D eigenvalue weighted by Crippen LogP contribution is 2.16. The number of nitrogens with zero attached hydrogens (tertiary/aromatic N) is 6. The van der Waals surface area contributed by atoms with Gasteiger partial charge in [-0.2, -0.15) is 15.8 Å². The van der Waals surface area contributed by atoms with Crippen molar-refractivity contribution in [3.63, 3.8) is 0 Å². The van der Waals surface area contributed by atoms with Crippen LogP contribution in [0.2, 0.25) is 0 Å². The number of nitriles is 3. The monoisotopic (exact) mass is 1490 g/mol. The summed E-state index contributed by atoms with van der Waals surface area (Å²) in [6, 6.07) is 5.96. The van der Waals surface area contributed by atoms with Crippen molar-refractivity contribution in [1.82, 2.24) is 25.3 Å². The van der Waals surface area contributed by atoms with Gasteiger partial charge in [0.05, 0.1) is 19.8 Å². The lowest BCUT2D eigenvalue weighted by Crippen LogP contribution is -2.33. The Hall–Kier alpha value is -8.68. The predicted molar refractivity (Wildman–Crippen MR) is 448 cm³/mol. The standard InChI is InChI=1S/C92H142N8O8/c1-12-15-18-21-24-27-30-33-36-45-70-106-90(103)85(76-93)73-82(7)53-42-39-50-79(4)56-65-98(10)63-48-61-96-88(101)59-68-100(67-58-81(6)52-41-44-55-84(9)75-87(78-95)92(105)108-72-47-38-35-32-29-26-23-20-17-14-3)69-60-89(102)97-62-49-64-99(11)66-57-80(5)51-40-43-54-83(8)74-86(77-94)91(104)107-71-46-37-34-31-28-25-22-19-16-13-2/h39-44,50-58,65-67,73-75H,12-38,45-49,59-64,68-72H2,1-11H3,(H,96,101)(H,97,102). The largest absolute Gasteiger partial charge is 0.462 e. The smallest absolute Gasteiger partial charge is 0.348 e. The van der Waals surface area contributed by atoms with E-state index in [0.29, 0.717) is 46.0 Å². The zero-order valence-electron chi connectivity index (χ0n) is 69.0. The Bertz CT molecular complexity index is 2990. The van der Waals surface area contributed by atoms with Crippen molar-refractivity contribution in [2.24, 2.45) is 0 Å². The third kappa shape index (κ3) is 62.4. The molecule has 16 nitrogen and oxygen atoms in total. The summed E-state index contributed by atoms with van der Waals surface area (Å²) in [4.78, 5) is 70.4. The molecule has 598 valence electrons. The van der Waals surface area contributed by atoms with Crippen LogP contribution in [0.3, 0.4) is 0 Å². The minimum absolute atomic E-state index is 0.0134. The molecular formula is C92H142N8O8. The second kappa shape index (κ2) is 71.3. The number of allylic oxidation sites excluding steroid dienone is 24. The lowest BCUT2D eigenvalue weighted by molar-refractivity contribution is -0.139. The lowest BCUT2D eigenvalue weighted by Gasteiger charge is -2.20. The fourth-order valence-corrected chi connectivity index (χ4v) is 11.0. The topological polar surface area (TPSA) is 218 Å². The Morgan fingerprint density at radius 2 is 0.565 bits per heavy atom. The number of hydrogen-bond acceptors (Lipinski definition) is 14. The molecule has 2 amide bonds. The summed E-state index contributed by atoms with van der Waals surface area (Å²) in [5.74, 6) is -1.96.